The molecule has 0 bridgehead atoms. The molecule has 0 fully saturated rings. The summed E-state index contributed by atoms with van der Waals surface area (Å²) in [6.07, 6.45) is 87.5. The molecule has 19 heteroatoms. The molecule has 0 amide bonds. The summed E-state index contributed by atoms with van der Waals surface area (Å²) in [7, 11) is -9.99. The van der Waals surface area contributed by atoms with Gasteiger partial charge in [0.2, 0.25) is 0 Å². The minimum atomic E-state index is -5.00. The van der Waals surface area contributed by atoms with Gasteiger partial charge in [0.1, 0.15) is 19.3 Å². The molecule has 0 heterocycles. The lowest BCUT2D eigenvalue weighted by molar-refractivity contribution is -0.161. The number of hydrogen-bond donors (Lipinski definition) is 3. The molecule has 2 unspecified atom stereocenters. The summed E-state index contributed by atoms with van der Waals surface area (Å²) in [4.78, 5) is 73.1. The Labute approximate surface area is 644 Å². The van der Waals surface area contributed by atoms with Crippen molar-refractivity contribution in [3.8, 4) is 0 Å². The lowest BCUT2D eigenvalue weighted by atomic mass is 10.0. The van der Waals surface area contributed by atoms with Crippen LogP contribution < -0.4 is 0 Å². The second-order valence-electron chi connectivity index (χ2n) is 27.7. The first-order valence-corrected chi connectivity index (χ1v) is 44.8. The van der Waals surface area contributed by atoms with E-state index in [1.54, 1.807) is 0 Å². The number of phosphoric ester groups is 2. The lowest BCUT2D eigenvalue weighted by Crippen LogP contribution is -2.30. The van der Waals surface area contributed by atoms with Crippen molar-refractivity contribution < 1.29 is 80.2 Å². The molecule has 0 spiro atoms. The molecule has 0 aromatic rings. The number of carbonyl (C=O) groups excluding carboxylic acids is 4. The molecule has 0 aromatic heterocycles. The zero-order chi connectivity index (χ0) is 77.4. The normalized spacial score (nSPS) is 14.4. The molecule has 0 saturated heterocycles. The van der Waals surface area contributed by atoms with E-state index in [1.165, 1.54) is 135 Å². The largest absolute Gasteiger partial charge is 0.472 e. The SMILES string of the molecule is CC/C=C\C/C=C\C/C=C\C/C=C\C/C=C\CCCCCC(=O)OC[C@H](COP(=O)(O)OC[C@@H](O)COP(=O)(O)OC[C@@H](COC(=O)CCCCCCCCCCCCCCC)OC(=O)CC/C=C\C/C=C\C/C=C\C/C=C\C/C=C\CCCCC)OC(=O)CCCCCCCCCCCCCCCCC. The maximum Gasteiger partial charge on any atom is 0.472 e. The van der Waals surface area contributed by atoms with E-state index < -0.39 is 97.5 Å². The van der Waals surface area contributed by atoms with Crippen LogP contribution in [0.2, 0.25) is 0 Å². The summed E-state index contributed by atoms with van der Waals surface area (Å²) in [6, 6.07) is 0. The van der Waals surface area contributed by atoms with Crippen LogP contribution in [0, 0.1) is 0 Å². The Morgan fingerprint density at radius 1 is 0.274 bits per heavy atom. The molecule has 3 N–H and O–H groups in total. The average Bonchev–Trinajstić information content (AvgIpc) is 0.902. The van der Waals surface area contributed by atoms with Gasteiger partial charge in [-0.05, 0) is 109 Å². The molecule has 610 valence electrons. The summed E-state index contributed by atoms with van der Waals surface area (Å²) < 4.78 is 68.6. The van der Waals surface area contributed by atoms with Gasteiger partial charge in [-0.2, -0.15) is 0 Å². The van der Waals surface area contributed by atoms with Crippen LogP contribution >= 0.6 is 15.6 Å². The standard InChI is InChI=1S/C87H150O17P2/c1-5-9-13-17-21-25-29-33-36-38-40-42-45-48-52-56-60-64-68-72-85(90)98-78-83(103-86(91)73-69-65-61-57-53-49-44-35-31-27-23-19-15-11-7-3)80-102-106(95,96)100-76-81(88)75-99-105(93,94)101-79-82(77-97-84(89)71-67-63-59-55-51-47-32-28-24-20-16-12-8-4)104-87(92)74-70-66-62-58-54-50-46-43-41-39-37-34-30-26-22-18-14-10-6-2/h9,13,21-22,25-26,33-34,36-37,40-43,48,50,52,54,62,66,81-83,88H,5-8,10-12,14-20,23-24,27-32,35,38-39,44-47,49,51,53,55-61,63-65,67-80H2,1-4H3,(H,93,94)(H,95,96)/b13-9-,25-21-,26-22-,36-33-,37-34-,42-40-,43-41-,52-48-,54-50-,66-62-/t81-,82+,83+/m0/s1. The van der Waals surface area contributed by atoms with Crippen molar-refractivity contribution in [1.82, 2.24) is 0 Å². The minimum Gasteiger partial charge on any atom is -0.462 e. The van der Waals surface area contributed by atoms with Crippen LogP contribution in [-0.2, 0) is 65.4 Å². The third-order valence-corrected chi connectivity index (χ3v) is 19.4. The molecule has 0 rings (SSSR count). The Morgan fingerprint density at radius 3 is 0.830 bits per heavy atom. The summed E-state index contributed by atoms with van der Waals surface area (Å²) >= 11 is 0. The fourth-order valence-electron chi connectivity index (χ4n) is 11.1. The van der Waals surface area contributed by atoms with Gasteiger partial charge in [0.15, 0.2) is 12.2 Å². The second-order valence-corrected chi connectivity index (χ2v) is 30.6. The number of aliphatic hydroxyl groups is 1. The quantitative estimate of drug-likeness (QED) is 0.0169. The van der Waals surface area contributed by atoms with Crippen molar-refractivity contribution in [2.75, 3.05) is 39.6 Å². The Hall–Kier alpha value is -4.54. The third kappa shape index (κ3) is 77.6. The second kappa shape index (κ2) is 78.6. The van der Waals surface area contributed by atoms with Gasteiger partial charge in [-0.3, -0.25) is 37.3 Å². The van der Waals surface area contributed by atoms with Crippen LogP contribution in [0.25, 0.3) is 0 Å². The van der Waals surface area contributed by atoms with Gasteiger partial charge in [-0.25, -0.2) is 9.13 Å². The smallest absolute Gasteiger partial charge is 0.462 e. The topological polar surface area (TPSA) is 237 Å². The van der Waals surface area contributed by atoms with Crippen LogP contribution in [0.1, 0.15) is 349 Å². The van der Waals surface area contributed by atoms with Gasteiger partial charge < -0.3 is 33.8 Å². The molecule has 0 aliphatic rings. The van der Waals surface area contributed by atoms with Crippen LogP contribution in [0.5, 0.6) is 0 Å². The Morgan fingerprint density at radius 2 is 0.509 bits per heavy atom. The first-order chi connectivity index (χ1) is 51.7. The van der Waals surface area contributed by atoms with Gasteiger partial charge in [0, 0.05) is 25.7 Å². The van der Waals surface area contributed by atoms with Crippen molar-refractivity contribution in [1.29, 1.82) is 0 Å². The van der Waals surface area contributed by atoms with Crippen LogP contribution in [0.4, 0.5) is 0 Å². The van der Waals surface area contributed by atoms with E-state index in [0.29, 0.717) is 32.1 Å². The van der Waals surface area contributed by atoms with E-state index in [0.717, 1.165) is 128 Å². The van der Waals surface area contributed by atoms with E-state index in [-0.39, 0.29) is 25.7 Å². The zero-order valence-corrected chi connectivity index (χ0v) is 68.6. The number of esters is 4. The van der Waals surface area contributed by atoms with Crippen LogP contribution in [0.15, 0.2) is 122 Å². The van der Waals surface area contributed by atoms with E-state index in [9.17, 15) is 43.2 Å². The highest BCUT2D eigenvalue weighted by molar-refractivity contribution is 7.47. The fourth-order valence-corrected chi connectivity index (χ4v) is 12.7. The number of unbranched alkanes of at least 4 members (excludes halogenated alkanes) is 32. The van der Waals surface area contributed by atoms with Crippen molar-refractivity contribution in [2.24, 2.45) is 0 Å². The number of ether oxygens (including phenoxy) is 4. The predicted molar refractivity (Wildman–Crippen MR) is 436 cm³/mol. The van der Waals surface area contributed by atoms with Gasteiger partial charge in [-0.1, -0.05) is 335 Å². The van der Waals surface area contributed by atoms with Gasteiger partial charge >= 0.3 is 39.5 Å². The highest BCUT2D eigenvalue weighted by Crippen LogP contribution is 2.45. The van der Waals surface area contributed by atoms with Crippen LogP contribution in [0.3, 0.4) is 0 Å². The number of phosphoric acid groups is 2. The maximum absolute atomic E-state index is 13.1. The molecule has 5 atom stereocenters. The molecule has 0 aliphatic heterocycles. The van der Waals surface area contributed by atoms with E-state index in [4.69, 9.17) is 37.0 Å². The number of allylic oxidation sites excluding steroid dienone is 20. The molecule has 106 heavy (non-hydrogen) atoms. The molecule has 0 saturated carbocycles. The number of rotatable bonds is 78. The zero-order valence-electron chi connectivity index (χ0n) is 66.8. The first-order valence-electron chi connectivity index (χ1n) is 41.8. The first kappa shape index (κ1) is 101. The number of hydrogen-bond acceptors (Lipinski definition) is 15. The monoisotopic (exact) mass is 1530 g/mol. The van der Waals surface area contributed by atoms with Gasteiger partial charge in [-0.15, -0.1) is 0 Å². The van der Waals surface area contributed by atoms with Gasteiger partial charge in [0.05, 0.1) is 26.4 Å². The molecule has 0 aliphatic carbocycles. The molecular formula is C87H150O17P2. The number of aliphatic hydroxyl groups excluding tert-OH is 1. The van der Waals surface area contributed by atoms with E-state index in [1.807, 2.05) is 18.2 Å². The van der Waals surface area contributed by atoms with Crippen molar-refractivity contribution in [3.63, 3.8) is 0 Å². The molecule has 17 nitrogen and oxygen atoms in total. The molecule has 0 radical (unpaired) electrons. The average molecular weight is 1530 g/mol. The highest BCUT2D eigenvalue weighted by atomic mass is 31.2. The van der Waals surface area contributed by atoms with E-state index in [2.05, 4.69) is 131 Å². The Balaban J connectivity index is 5.44. The summed E-state index contributed by atoms with van der Waals surface area (Å²) in [6.45, 7) is 4.66. The third-order valence-electron chi connectivity index (χ3n) is 17.5. The van der Waals surface area contributed by atoms with Crippen molar-refractivity contribution in [3.05, 3.63) is 122 Å². The highest BCUT2D eigenvalue weighted by Gasteiger charge is 2.30. The van der Waals surface area contributed by atoms with Crippen molar-refractivity contribution in [2.45, 2.75) is 367 Å². The molecule has 0 aromatic carbocycles. The summed E-state index contributed by atoms with van der Waals surface area (Å²) in [5.74, 6) is -2.29. The summed E-state index contributed by atoms with van der Waals surface area (Å²) in [5, 5.41) is 10.7. The van der Waals surface area contributed by atoms with Crippen LogP contribution in [-0.4, -0.2) is 96.7 Å². The lowest BCUT2D eigenvalue weighted by Gasteiger charge is -2.21. The summed E-state index contributed by atoms with van der Waals surface area (Å²) in [5.41, 5.74) is 0. The maximum atomic E-state index is 13.1. The Bertz CT molecular complexity index is 2480. The Kier molecular flexibility index (Phi) is 75.2. The number of carbonyl (C=O) groups is 4. The molecular weight excluding hydrogens is 1380 g/mol. The van der Waals surface area contributed by atoms with E-state index >= 15 is 0 Å². The van der Waals surface area contributed by atoms with Crippen molar-refractivity contribution >= 4 is 39.5 Å². The minimum absolute atomic E-state index is 0.0282. The fraction of sp³-hybridized carbons (Fsp3) is 0.724. The van der Waals surface area contributed by atoms with Gasteiger partial charge in [0.25, 0.3) is 0 Å². The predicted octanol–water partition coefficient (Wildman–Crippen LogP) is 24.7.